The summed E-state index contributed by atoms with van der Waals surface area (Å²) >= 11 is 5.67. The molecule has 22 heavy (non-hydrogen) atoms. The Morgan fingerprint density at radius 1 is 1.05 bits per heavy atom. The Hall–Kier alpha value is -1.73. The van der Waals surface area contributed by atoms with E-state index in [-0.39, 0.29) is 51.3 Å². The van der Waals surface area contributed by atoms with Gasteiger partial charge in [-0.25, -0.2) is 0 Å². The molecule has 0 bridgehead atoms. The summed E-state index contributed by atoms with van der Waals surface area (Å²) in [5, 5.41) is 21.7. The average Bonchev–Trinajstić information content (AvgIpc) is 2.46. The van der Waals surface area contributed by atoms with Crippen LogP contribution in [0.5, 0.6) is 0 Å². The van der Waals surface area contributed by atoms with E-state index in [1.165, 1.54) is 36.4 Å². The van der Waals surface area contributed by atoms with Crippen LogP contribution in [0, 0.1) is 10.1 Å². The zero-order valence-electron chi connectivity index (χ0n) is 11.4. The Kier molecular flexibility index (Phi) is 6.25. The summed E-state index contributed by atoms with van der Waals surface area (Å²) in [4.78, 5) is 33.4. The summed E-state index contributed by atoms with van der Waals surface area (Å²) < 4.78 is 0. The summed E-state index contributed by atoms with van der Waals surface area (Å²) in [6, 6.07) is 9.01. The van der Waals surface area contributed by atoms with E-state index in [2.05, 4.69) is 0 Å². The molecule has 2 aromatic carbocycles. The van der Waals surface area contributed by atoms with Gasteiger partial charge in [-0.2, -0.15) is 0 Å². The maximum Gasteiger partial charge on any atom is 1.00 e. The van der Waals surface area contributed by atoms with Crippen LogP contribution in [0.1, 0.15) is 26.3 Å². The molecule has 0 aromatic heterocycles. The number of hydrogen-bond donors (Lipinski definition) is 0. The molecule has 0 saturated heterocycles. The number of nitrogens with zero attached hydrogens (tertiary/aromatic N) is 1. The fraction of sp³-hybridized carbons (Fsp3) is 0. The second kappa shape index (κ2) is 7.51. The van der Waals surface area contributed by atoms with Gasteiger partial charge in [0.25, 0.3) is 5.69 Å². The van der Waals surface area contributed by atoms with Gasteiger partial charge < -0.3 is 9.90 Å². The number of carbonyl (C=O) groups is 2. The first-order chi connectivity index (χ1) is 9.91. The molecular formula is C14H7ClNNaO5. The van der Waals surface area contributed by atoms with Crippen LogP contribution in [0.3, 0.4) is 0 Å². The number of carbonyl (C=O) groups excluding carboxylic acids is 2. The molecule has 2 aromatic rings. The molecule has 0 spiro atoms. The average molecular weight is 328 g/mol. The van der Waals surface area contributed by atoms with Crippen LogP contribution < -0.4 is 34.7 Å². The topological polar surface area (TPSA) is 100 Å². The number of benzene rings is 2. The Balaban J connectivity index is 0.00000242. The molecule has 0 unspecified atom stereocenters. The third kappa shape index (κ3) is 3.72. The van der Waals surface area contributed by atoms with Crippen molar-refractivity contribution < 1.29 is 49.2 Å². The molecule has 106 valence electrons. The molecule has 0 aliphatic carbocycles. The first-order valence-electron chi connectivity index (χ1n) is 5.71. The Labute approximate surface area is 152 Å². The minimum atomic E-state index is -1.50. The Bertz CT molecular complexity index is 763. The van der Waals surface area contributed by atoms with Gasteiger partial charge in [0.05, 0.1) is 10.9 Å². The van der Waals surface area contributed by atoms with Crippen LogP contribution in [-0.4, -0.2) is 16.7 Å². The second-order valence-electron chi connectivity index (χ2n) is 4.09. The van der Waals surface area contributed by atoms with Gasteiger partial charge in [0.15, 0.2) is 5.78 Å². The quantitative estimate of drug-likeness (QED) is 0.305. The second-order valence-corrected chi connectivity index (χ2v) is 4.49. The number of hydrogen-bond acceptors (Lipinski definition) is 5. The molecular weight excluding hydrogens is 321 g/mol. The third-order valence-electron chi connectivity index (χ3n) is 2.80. The van der Waals surface area contributed by atoms with Gasteiger partial charge in [-0.1, -0.05) is 35.9 Å². The standard InChI is InChI=1S/C14H8ClNO5.Na/c15-11-6-5-8(7-12(11)16(20)21)13(17)9-3-1-2-4-10(9)14(18)19;/h1-7H,(H,18,19);/q;+1/p-1. The van der Waals surface area contributed by atoms with Gasteiger partial charge in [0, 0.05) is 22.8 Å². The van der Waals surface area contributed by atoms with E-state index >= 15 is 0 Å². The molecule has 0 saturated carbocycles. The van der Waals surface area contributed by atoms with Gasteiger partial charge in [0.1, 0.15) is 5.02 Å². The molecule has 0 amide bonds. The summed E-state index contributed by atoms with van der Waals surface area (Å²) in [5.41, 5.74) is -0.831. The summed E-state index contributed by atoms with van der Waals surface area (Å²) in [6.07, 6.45) is 0. The molecule has 0 radical (unpaired) electrons. The molecule has 0 fully saturated rings. The molecule has 2 rings (SSSR count). The predicted molar refractivity (Wildman–Crippen MR) is 72.3 cm³/mol. The van der Waals surface area contributed by atoms with Gasteiger partial charge in [-0.05, 0) is 12.1 Å². The zero-order chi connectivity index (χ0) is 15.6. The van der Waals surface area contributed by atoms with Crippen LogP contribution in [-0.2, 0) is 0 Å². The van der Waals surface area contributed by atoms with Crippen molar-refractivity contribution in [3.8, 4) is 0 Å². The number of carboxylic acid groups (broad SMARTS) is 1. The van der Waals surface area contributed by atoms with Crippen molar-refractivity contribution in [1.82, 2.24) is 0 Å². The third-order valence-corrected chi connectivity index (χ3v) is 3.12. The van der Waals surface area contributed by atoms with Crippen LogP contribution in [0.25, 0.3) is 0 Å². The van der Waals surface area contributed by atoms with Crippen molar-refractivity contribution in [2.75, 3.05) is 0 Å². The van der Waals surface area contributed by atoms with E-state index in [9.17, 15) is 24.8 Å². The summed E-state index contributed by atoms with van der Waals surface area (Å²) in [6.45, 7) is 0. The number of halogens is 1. The summed E-state index contributed by atoms with van der Waals surface area (Å²) in [7, 11) is 0. The van der Waals surface area contributed by atoms with Crippen molar-refractivity contribution in [3.05, 3.63) is 74.3 Å². The fourth-order valence-corrected chi connectivity index (χ4v) is 1.99. The van der Waals surface area contributed by atoms with Gasteiger partial charge in [0.2, 0.25) is 0 Å². The monoisotopic (exact) mass is 327 g/mol. The van der Waals surface area contributed by atoms with E-state index < -0.39 is 22.4 Å². The number of nitro groups is 1. The number of rotatable bonds is 4. The van der Waals surface area contributed by atoms with Crippen LogP contribution >= 0.6 is 11.6 Å². The van der Waals surface area contributed by atoms with E-state index in [0.717, 1.165) is 6.07 Å². The molecule has 0 atom stereocenters. The number of carboxylic acids is 1. The van der Waals surface area contributed by atoms with Crippen LogP contribution in [0.15, 0.2) is 42.5 Å². The Morgan fingerprint density at radius 3 is 2.18 bits per heavy atom. The van der Waals surface area contributed by atoms with E-state index in [4.69, 9.17) is 11.6 Å². The first kappa shape index (κ1) is 18.3. The minimum absolute atomic E-state index is 0. The van der Waals surface area contributed by atoms with Gasteiger partial charge in [-0.3, -0.25) is 14.9 Å². The van der Waals surface area contributed by atoms with Gasteiger partial charge in [-0.15, -0.1) is 0 Å². The predicted octanol–water partition coefficient (Wildman–Crippen LogP) is -1.15. The molecule has 0 aliphatic rings. The molecule has 8 heteroatoms. The van der Waals surface area contributed by atoms with Crippen molar-refractivity contribution >= 4 is 29.0 Å². The normalized spacial score (nSPS) is 9.68. The van der Waals surface area contributed by atoms with Crippen LogP contribution in [0.4, 0.5) is 5.69 Å². The zero-order valence-corrected chi connectivity index (χ0v) is 14.2. The van der Waals surface area contributed by atoms with Crippen molar-refractivity contribution in [2.45, 2.75) is 0 Å². The Morgan fingerprint density at radius 2 is 1.64 bits per heavy atom. The molecule has 0 N–H and O–H groups in total. The number of ketones is 1. The van der Waals surface area contributed by atoms with Gasteiger partial charge >= 0.3 is 29.6 Å². The smallest absolute Gasteiger partial charge is 0.545 e. The maximum atomic E-state index is 12.3. The van der Waals surface area contributed by atoms with Crippen molar-refractivity contribution in [3.63, 3.8) is 0 Å². The largest absolute Gasteiger partial charge is 1.00 e. The van der Waals surface area contributed by atoms with Crippen molar-refractivity contribution in [2.24, 2.45) is 0 Å². The first-order valence-corrected chi connectivity index (χ1v) is 6.08. The van der Waals surface area contributed by atoms with Crippen LogP contribution in [0.2, 0.25) is 5.02 Å². The SMILES string of the molecule is O=C([O-])c1ccccc1C(=O)c1ccc(Cl)c([N+](=O)[O-])c1.[Na+]. The fourth-order valence-electron chi connectivity index (χ4n) is 1.81. The minimum Gasteiger partial charge on any atom is -0.545 e. The molecule has 6 nitrogen and oxygen atoms in total. The number of nitro benzene ring substituents is 1. The van der Waals surface area contributed by atoms with E-state index in [0.29, 0.717) is 0 Å². The van der Waals surface area contributed by atoms with E-state index in [1.54, 1.807) is 0 Å². The summed E-state index contributed by atoms with van der Waals surface area (Å²) in [5.74, 6) is -2.16. The molecule has 0 heterocycles. The molecule has 0 aliphatic heterocycles. The van der Waals surface area contributed by atoms with E-state index in [1.807, 2.05) is 0 Å². The maximum absolute atomic E-state index is 12.3. The number of aromatic carboxylic acids is 1. The van der Waals surface area contributed by atoms with Crippen molar-refractivity contribution in [1.29, 1.82) is 0 Å².